The van der Waals surface area contributed by atoms with Crippen molar-refractivity contribution in [2.24, 2.45) is 11.8 Å². The van der Waals surface area contributed by atoms with Crippen molar-refractivity contribution in [3.63, 3.8) is 0 Å². The fraction of sp³-hybridized carbons (Fsp3) is 0.588. The first-order valence-electron chi connectivity index (χ1n) is 7.38. The Hall–Kier alpha value is -1.49. The van der Waals surface area contributed by atoms with Crippen LogP contribution in [0.1, 0.15) is 44.2 Å². The van der Waals surface area contributed by atoms with E-state index < -0.39 is 0 Å². The Morgan fingerprint density at radius 2 is 2.05 bits per heavy atom. The number of hydrogen-bond donors (Lipinski definition) is 0. The minimum absolute atomic E-state index is 0.771. The van der Waals surface area contributed by atoms with Crippen LogP contribution in [0.15, 0.2) is 18.2 Å². The standard InChI is InChI=1S/C17H24N2/c1-13(2)15-8-5-10-19(11-9-15)17-14(3)6-4-7-16(17)12-18/h4,6-7,13,15H,5,8-11H2,1-3H3. The number of benzene rings is 1. The van der Waals surface area contributed by atoms with Gasteiger partial charge < -0.3 is 4.90 Å². The molecule has 0 spiro atoms. The lowest BCUT2D eigenvalue weighted by Gasteiger charge is -2.26. The highest BCUT2D eigenvalue weighted by atomic mass is 15.1. The Bertz CT molecular complexity index is 471. The van der Waals surface area contributed by atoms with Gasteiger partial charge in [0.15, 0.2) is 0 Å². The summed E-state index contributed by atoms with van der Waals surface area (Å²) < 4.78 is 0. The van der Waals surface area contributed by atoms with E-state index in [1.165, 1.54) is 24.8 Å². The lowest BCUT2D eigenvalue weighted by atomic mass is 9.89. The zero-order valence-electron chi connectivity index (χ0n) is 12.3. The van der Waals surface area contributed by atoms with Crippen LogP contribution in [0.4, 0.5) is 5.69 Å². The summed E-state index contributed by atoms with van der Waals surface area (Å²) >= 11 is 0. The van der Waals surface area contributed by atoms with Gasteiger partial charge in [0.05, 0.1) is 11.3 Å². The molecule has 2 nitrogen and oxygen atoms in total. The molecule has 19 heavy (non-hydrogen) atoms. The van der Waals surface area contributed by atoms with E-state index in [9.17, 15) is 5.26 Å². The van der Waals surface area contributed by atoms with Gasteiger partial charge in [0.1, 0.15) is 6.07 Å². The van der Waals surface area contributed by atoms with Crippen LogP contribution in [0.2, 0.25) is 0 Å². The van der Waals surface area contributed by atoms with Crippen LogP contribution in [0.25, 0.3) is 0 Å². The summed E-state index contributed by atoms with van der Waals surface area (Å²) in [5, 5.41) is 9.31. The molecule has 1 saturated heterocycles. The molecule has 0 radical (unpaired) electrons. The average molecular weight is 256 g/mol. The zero-order chi connectivity index (χ0) is 13.8. The summed E-state index contributed by atoms with van der Waals surface area (Å²) in [5.41, 5.74) is 3.21. The van der Waals surface area contributed by atoms with Crippen molar-refractivity contribution in [2.45, 2.75) is 40.0 Å². The smallest absolute Gasteiger partial charge is 0.101 e. The van der Waals surface area contributed by atoms with E-state index in [1.54, 1.807) is 0 Å². The predicted molar refractivity (Wildman–Crippen MR) is 80.3 cm³/mol. The van der Waals surface area contributed by atoms with Gasteiger partial charge >= 0.3 is 0 Å². The number of anilines is 1. The number of para-hydroxylation sites is 1. The lowest BCUT2D eigenvalue weighted by Crippen LogP contribution is -2.26. The van der Waals surface area contributed by atoms with Crippen LogP contribution >= 0.6 is 0 Å². The van der Waals surface area contributed by atoms with E-state index in [4.69, 9.17) is 0 Å². The molecule has 1 atom stereocenters. The molecule has 1 aromatic carbocycles. The molecule has 2 heteroatoms. The minimum Gasteiger partial charge on any atom is -0.370 e. The Balaban J connectivity index is 2.21. The molecule has 1 fully saturated rings. The van der Waals surface area contributed by atoms with E-state index in [1.807, 2.05) is 12.1 Å². The van der Waals surface area contributed by atoms with Gasteiger partial charge in [-0.1, -0.05) is 26.0 Å². The number of nitriles is 1. The molecule has 0 N–H and O–H groups in total. The van der Waals surface area contributed by atoms with Gasteiger partial charge in [0.25, 0.3) is 0 Å². The largest absolute Gasteiger partial charge is 0.370 e. The summed E-state index contributed by atoms with van der Waals surface area (Å²) in [7, 11) is 0. The van der Waals surface area contributed by atoms with Gasteiger partial charge in [0.2, 0.25) is 0 Å². The first kappa shape index (κ1) is 13.9. The van der Waals surface area contributed by atoms with Crippen LogP contribution in [-0.2, 0) is 0 Å². The summed E-state index contributed by atoms with van der Waals surface area (Å²) in [6.45, 7) is 8.94. The maximum atomic E-state index is 9.31. The zero-order valence-corrected chi connectivity index (χ0v) is 12.3. The van der Waals surface area contributed by atoms with Crippen molar-refractivity contribution in [1.29, 1.82) is 5.26 Å². The molecule has 0 aromatic heterocycles. The van der Waals surface area contributed by atoms with Crippen LogP contribution in [0.5, 0.6) is 0 Å². The van der Waals surface area contributed by atoms with Crippen LogP contribution < -0.4 is 4.90 Å². The highest BCUT2D eigenvalue weighted by molar-refractivity contribution is 5.64. The maximum absolute atomic E-state index is 9.31. The van der Waals surface area contributed by atoms with Crippen molar-refractivity contribution >= 4 is 5.69 Å². The second-order valence-electron chi connectivity index (χ2n) is 6.00. The summed E-state index contributed by atoms with van der Waals surface area (Å²) in [6, 6.07) is 8.37. The fourth-order valence-corrected chi connectivity index (χ4v) is 3.18. The molecule has 1 aliphatic rings. The molecular formula is C17H24N2. The van der Waals surface area contributed by atoms with Gasteiger partial charge in [-0.25, -0.2) is 0 Å². The normalized spacial score (nSPS) is 20.2. The van der Waals surface area contributed by atoms with E-state index in [0.717, 1.165) is 36.2 Å². The van der Waals surface area contributed by atoms with Crippen LogP contribution in [0, 0.1) is 30.1 Å². The van der Waals surface area contributed by atoms with Crippen LogP contribution in [-0.4, -0.2) is 13.1 Å². The lowest BCUT2D eigenvalue weighted by molar-refractivity contribution is 0.351. The minimum atomic E-state index is 0.771. The first-order valence-corrected chi connectivity index (χ1v) is 7.38. The Kier molecular flexibility index (Phi) is 4.47. The average Bonchev–Trinajstić information content (AvgIpc) is 2.64. The molecule has 1 unspecified atom stereocenters. The van der Waals surface area contributed by atoms with Gasteiger partial charge in [0, 0.05) is 13.1 Å². The maximum Gasteiger partial charge on any atom is 0.101 e. The molecule has 0 amide bonds. The van der Waals surface area contributed by atoms with E-state index in [2.05, 4.69) is 37.8 Å². The van der Waals surface area contributed by atoms with Gasteiger partial charge in [-0.3, -0.25) is 0 Å². The van der Waals surface area contributed by atoms with Crippen molar-refractivity contribution in [3.05, 3.63) is 29.3 Å². The van der Waals surface area contributed by atoms with Crippen molar-refractivity contribution in [2.75, 3.05) is 18.0 Å². The van der Waals surface area contributed by atoms with Crippen molar-refractivity contribution < 1.29 is 0 Å². The van der Waals surface area contributed by atoms with E-state index in [-0.39, 0.29) is 0 Å². The molecular weight excluding hydrogens is 232 g/mol. The quantitative estimate of drug-likeness (QED) is 0.795. The fourth-order valence-electron chi connectivity index (χ4n) is 3.18. The van der Waals surface area contributed by atoms with E-state index in [0.29, 0.717) is 0 Å². The summed E-state index contributed by atoms with van der Waals surface area (Å²) in [4.78, 5) is 2.43. The number of hydrogen-bond acceptors (Lipinski definition) is 2. The molecule has 1 heterocycles. The third-order valence-electron chi connectivity index (χ3n) is 4.39. The summed E-state index contributed by atoms with van der Waals surface area (Å²) in [5.74, 6) is 1.60. The topological polar surface area (TPSA) is 27.0 Å². The molecule has 0 saturated carbocycles. The molecule has 1 aromatic rings. The molecule has 1 aliphatic heterocycles. The number of rotatable bonds is 2. The molecule has 102 valence electrons. The second kappa shape index (κ2) is 6.10. The Labute approximate surface area is 117 Å². The van der Waals surface area contributed by atoms with Gasteiger partial charge in [-0.05, 0) is 49.7 Å². The third-order valence-corrected chi connectivity index (χ3v) is 4.39. The van der Waals surface area contributed by atoms with Crippen molar-refractivity contribution in [3.8, 4) is 6.07 Å². The third kappa shape index (κ3) is 3.10. The summed E-state index contributed by atoms with van der Waals surface area (Å²) in [6.07, 6.45) is 3.81. The second-order valence-corrected chi connectivity index (χ2v) is 6.00. The monoisotopic (exact) mass is 256 g/mol. The molecule has 2 rings (SSSR count). The molecule has 0 bridgehead atoms. The van der Waals surface area contributed by atoms with Crippen molar-refractivity contribution in [1.82, 2.24) is 0 Å². The highest BCUT2D eigenvalue weighted by Gasteiger charge is 2.21. The van der Waals surface area contributed by atoms with E-state index >= 15 is 0 Å². The molecule has 0 aliphatic carbocycles. The highest BCUT2D eigenvalue weighted by Crippen LogP contribution is 2.30. The van der Waals surface area contributed by atoms with Crippen LogP contribution in [0.3, 0.4) is 0 Å². The Morgan fingerprint density at radius 3 is 2.74 bits per heavy atom. The van der Waals surface area contributed by atoms with Gasteiger partial charge in [-0.15, -0.1) is 0 Å². The predicted octanol–water partition coefficient (Wildman–Crippen LogP) is 4.13. The van der Waals surface area contributed by atoms with Gasteiger partial charge in [-0.2, -0.15) is 5.26 Å². The SMILES string of the molecule is Cc1cccc(C#N)c1N1CCCC(C(C)C)CC1. The number of aryl methyl sites for hydroxylation is 1. The number of nitrogens with zero attached hydrogens (tertiary/aromatic N) is 2. The Morgan fingerprint density at radius 1 is 1.26 bits per heavy atom. The first-order chi connectivity index (χ1) is 9.13.